The first-order valence-corrected chi connectivity index (χ1v) is 16.6. The van der Waals surface area contributed by atoms with Gasteiger partial charge in [-0.3, -0.25) is 9.59 Å². The molecule has 4 bridgehead atoms. The van der Waals surface area contributed by atoms with Gasteiger partial charge in [-0.2, -0.15) is 0 Å². The fourth-order valence-corrected chi connectivity index (χ4v) is 9.13. The molecule has 9 nitrogen and oxygen atoms in total. The minimum atomic E-state index is -1.68. The zero-order valence-electron chi connectivity index (χ0n) is 28.4. The smallest absolute Gasteiger partial charge is 0.330 e. The van der Waals surface area contributed by atoms with Crippen LogP contribution in [0.2, 0.25) is 0 Å². The van der Waals surface area contributed by atoms with E-state index < -0.39 is 57.7 Å². The Hall–Kier alpha value is -3.69. The number of ketones is 2. The Morgan fingerprint density at radius 1 is 1.00 bits per heavy atom. The van der Waals surface area contributed by atoms with Crippen molar-refractivity contribution in [2.45, 2.75) is 122 Å². The average molecular weight is 645 g/mol. The molecule has 1 aromatic carbocycles. The molecule has 7 aliphatic rings. The van der Waals surface area contributed by atoms with E-state index in [0.717, 1.165) is 12.0 Å². The molecule has 4 aliphatic heterocycles. The first-order valence-electron chi connectivity index (χ1n) is 16.6. The lowest BCUT2D eigenvalue weighted by Crippen LogP contribution is -2.80. The summed E-state index contributed by atoms with van der Waals surface area (Å²) in [4.78, 5) is 41.4. The van der Waals surface area contributed by atoms with Crippen molar-refractivity contribution in [1.82, 2.24) is 0 Å². The van der Waals surface area contributed by atoms with Crippen LogP contribution in [0.1, 0.15) is 103 Å². The molecule has 250 valence electrons. The minimum absolute atomic E-state index is 0.0278. The maximum atomic E-state index is 15.0. The summed E-state index contributed by atoms with van der Waals surface area (Å²) in [5, 5.41) is 21.6. The molecule has 9 heteroatoms. The predicted molar refractivity (Wildman–Crippen MR) is 174 cm³/mol. The molecule has 47 heavy (non-hydrogen) atoms. The largest absolute Gasteiger partial charge is 0.506 e. The SMILES string of the molecule is CC(C)=CCCC1(C)C=Cc2c(O)c3c(c(CC=C(C)C)c2O1)OC12C4CC(C(=O)C1(C/C=C(/C)C(=O)O)OC4(C)C)C1OC12C3=O. The molecule has 0 amide bonds. The van der Waals surface area contributed by atoms with Crippen LogP contribution in [0.15, 0.2) is 41.0 Å². The Morgan fingerprint density at radius 3 is 2.36 bits per heavy atom. The third-order valence-corrected chi connectivity index (χ3v) is 11.4. The Morgan fingerprint density at radius 2 is 1.70 bits per heavy atom. The number of allylic oxidation sites excluding steroid dienone is 4. The molecule has 3 aliphatic carbocycles. The fourth-order valence-electron chi connectivity index (χ4n) is 9.13. The highest BCUT2D eigenvalue weighted by Gasteiger charge is 2.97. The number of fused-ring (bicyclic) bond motifs is 2. The number of ether oxygens (including phenoxy) is 4. The van der Waals surface area contributed by atoms with E-state index in [1.54, 1.807) is 0 Å². The van der Waals surface area contributed by atoms with Crippen LogP contribution < -0.4 is 9.47 Å². The van der Waals surface area contributed by atoms with E-state index in [-0.39, 0.29) is 34.8 Å². The normalized spacial score (nSPS) is 36.3. The molecular formula is C38H44O9. The van der Waals surface area contributed by atoms with Crippen molar-refractivity contribution in [2.75, 3.05) is 0 Å². The Labute approximate surface area is 275 Å². The van der Waals surface area contributed by atoms with Crippen molar-refractivity contribution >= 4 is 23.6 Å². The number of aliphatic carboxylic acids is 1. The zero-order chi connectivity index (χ0) is 34.1. The molecule has 8 rings (SSSR count). The molecule has 2 N–H and O–H groups in total. The molecular weight excluding hydrogens is 600 g/mol. The van der Waals surface area contributed by atoms with Gasteiger partial charge < -0.3 is 29.2 Å². The third kappa shape index (κ3) is 3.99. The van der Waals surface area contributed by atoms with E-state index in [2.05, 4.69) is 19.9 Å². The first kappa shape index (κ1) is 31.9. The minimum Gasteiger partial charge on any atom is -0.506 e. The molecule has 2 spiro atoms. The number of Topliss-reactive ketones (excluding diaryl/α,β-unsaturated/α-hetero) is 2. The van der Waals surface area contributed by atoms with Crippen molar-refractivity contribution in [3.05, 3.63) is 57.7 Å². The number of benzene rings is 1. The van der Waals surface area contributed by atoms with Gasteiger partial charge >= 0.3 is 5.97 Å². The number of hydrogen-bond acceptors (Lipinski definition) is 8. The molecule has 7 atom stereocenters. The number of carbonyl (C=O) groups excluding carboxylic acids is 2. The lowest BCUT2D eigenvalue weighted by molar-refractivity contribution is -0.192. The summed E-state index contributed by atoms with van der Waals surface area (Å²) < 4.78 is 27.1. The molecule has 7 unspecified atom stereocenters. The highest BCUT2D eigenvalue weighted by Crippen LogP contribution is 2.77. The van der Waals surface area contributed by atoms with Crippen LogP contribution in [0.25, 0.3) is 6.08 Å². The van der Waals surface area contributed by atoms with Crippen LogP contribution in [0.4, 0.5) is 0 Å². The number of carbonyl (C=O) groups is 3. The average Bonchev–Trinajstić information content (AvgIpc) is 3.72. The van der Waals surface area contributed by atoms with Crippen molar-refractivity contribution in [2.24, 2.45) is 11.8 Å². The summed E-state index contributed by atoms with van der Waals surface area (Å²) in [6.07, 6.45) is 10.9. The van der Waals surface area contributed by atoms with Gasteiger partial charge in [-0.05, 0) is 93.2 Å². The number of epoxide rings is 1. The maximum Gasteiger partial charge on any atom is 0.330 e. The summed E-state index contributed by atoms with van der Waals surface area (Å²) in [6.45, 7) is 15.3. The highest BCUT2D eigenvalue weighted by molar-refractivity contribution is 6.16. The summed E-state index contributed by atoms with van der Waals surface area (Å²) in [6, 6.07) is 0. The first-order chi connectivity index (χ1) is 22.0. The van der Waals surface area contributed by atoms with Crippen molar-refractivity contribution in [3.8, 4) is 17.2 Å². The number of phenols is 1. The van der Waals surface area contributed by atoms with Crippen LogP contribution in [0.5, 0.6) is 17.2 Å². The second-order valence-corrected chi connectivity index (χ2v) is 15.5. The van der Waals surface area contributed by atoms with E-state index in [9.17, 15) is 19.8 Å². The Bertz CT molecular complexity index is 1770. The monoisotopic (exact) mass is 644 g/mol. The molecule has 0 radical (unpaired) electrons. The number of phenolic OH excluding ortho intramolecular Hbond substituents is 1. The van der Waals surface area contributed by atoms with Crippen molar-refractivity contribution in [1.29, 1.82) is 0 Å². The zero-order valence-corrected chi connectivity index (χ0v) is 28.4. The van der Waals surface area contributed by atoms with E-state index in [1.165, 1.54) is 18.6 Å². The number of carboxylic acid groups (broad SMARTS) is 1. The second-order valence-electron chi connectivity index (χ2n) is 15.5. The molecule has 0 aromatic heterocycles. The summed E-state index contributed by atoms with van der Waals surface area (Å²) in [5.74, 6) is -2.45. The highest BCUT2D eigenvalue weighted by atomic mass is 16.7. The van der Waals surface area contributed by atoms with E-state index >= 15 is 4.79 Å². The molecule has 3 saturated carbocycles. The topological polar surface area (TPSA) is 132 Å². The van der Waals surface area contributed by atoms with Gasteiger partial charge in [0.1, 0.15) is 34.5 Å². The molecule has 4 heterocycles. The fraction of sp³-hybridized carbons (Fsp3) is 0.553. The summed E-state index contributed by atoms with van der Waals surface area (Å²) in [7, 11) is 0. The predicted octanol–water partition coefficient (Wildman–Crippen LogP) is 6.45. The molecule has 2 saturated heterocycles. The molecule has 1 aromatic rings. The number of rotatable bonds is 8. The van der Waals surface area contributed by atoms with Crippen LogP contribution in [0.3, 0.4) is 0 Å². The van der Waals surface area contributed by atoms with Gasteiger partial charge in [0.15, 0.2) is 17.0 Å². The van der Waals surface area contributed by atoms with Gasteiger partial charge in [-0.25, -0.2) is 4.79 Å². The van der Waals surface area contributed by atoms with Crippen molar-refractivity contribution < 1.29 is 43.5 Å². The van der Waals surface area contributed by atoms with Crippen LogP contribution in [-0.2, 0) is 25.5 Å². The standard InChI is InChI=1S/C38H44O9/c1-19(2)10-9-15-35(8)16-14-22-27(39)26-29(23(28(22)44-35)12-11-20(3)4)45-38-25-18-24(32-37(38,46-32)31(26)41)30(40)36(38,47-34(25,6)7)17-13-21(5)33(42)43/h10-11,13-14,16,24-25,32,39H,9,12,15,17-18H2,1-8H3,(H,42,43)/b21-13-. The third-order valence-electron chi connectivity index (χ3n) is 11.4. The summed E-state index contributed by atoms with van der Waals surface area (Å²) >= 11 is 0. The van der Waals surface area contributed by atoms with E-state index in [4.69, 9.17) is 18.9 Å². The second kappa shape index (κ2) is 9.92. The quantitative estimate of drug-likeness (QED) is 0.186. The van der Waals surface area contributed by atoms with Crippen LogP contribution >= 0.6 is 0 Å². The summed E-state index contributed by atoms with van der Waals surface area (Å²) in [5.41, 5.74) is -3.06. The number of aromatic hydroxyl groups is 1. The van der Waals surface area contributed by atoms with E-state index in [0.29, 0.717) is 36.1 Å². The van der Waals surface area contributed by atoms with Gasteiger partial charge in [0.2, 0.25) is 11.4 Å². The van der Waals surface area contributed by atoms with Gasteiger partial charge in [0.25, 0.3) is 0 Å². The van der Waals surface area contributed by atoms with Gasteiger partial charge in [-0.15, -0.1) is 0 Å². The number of carboxylic acids is 1. The van der Waals surface area contributed by atoms with Crippen LogP contribution in [-0.4, -0.2) is 61.9 Å². The van der Waals surface area contributed by atoms with Gasteiger partial charge in [0, 0.05) is 23.5 Å². The lowest BCUT2D eigenvalue weighted by atomic mass is 9.46. The molecule has 5 fully saturated rings. The Kier molecular flexibility index (Phi) is 6.73. The van der Waals surface area contributed by atoms with Gasteiger partial charge in [-0.1, -0.05) is 29.4 Å². The maximum absolute atomic E-state index is 15.0. The van der Waals surface area contributed by atoms with E-state index in [1.807, 2.05) is 52.8 Å². The lowest BCUT2D eigenvalue weighted by Gasteiger charge is -2.58. The van der Waals surface area contributed by atoms with Crippen molar-refractivity contribution in [3.63, 3.8) is 0 Å². The van der Waals surface area contributed by atoms with Crippen LogP contribution in [0, 0.1) is 11.8 Å². The van der Waals surface area contributed by atoms with Gasteiger partial charge in [0.05, 0.1) is 17.1 Å². The Balaban J connectivity index is 1.46. The number of hydrogen-bond donors (Lipinski definition) is 2.